The number of aryl methyl sites for hydroxylation is 2. The first-order valence-electron chi connectivity index (χ1n) is 6.38. The maximum atomic E-state index is 11.8. The smallest absolute Gasteiger partial charge is 0.254 e. The van der Waals surface area contributed by atoms with Crippen molar-refractivity contribution in [2.45, 2.75) is 37.8 Å². The molecule has 1 heterocycles. The fourth-order valence-corrected chi connectivity index (χ4v) is 2.60. The van der Waals surface area contributed by atoms with Crippen molar-refractivity contribution in [3.05, 3.63) is 57.3 Å². The van der Waals surface area contributed by atoms with E-state index in [0.717, 1.165) is 23.5 Å². The highest BCUT2D eigenvalue weighted by molar-refractivity contribution is 7.98. The molecule has 0 saturated carbocycles. The van der Waals surface area contributed by atoms with Crippen molar-refractivity contribution < 1.29 is 0 Å². The molecule has 0 fully saturated rings. The molecule has 0 radical (unpaired) electrons. The Morgan fingerprint density at radius 1 is 1.21 bits per heavy atom. The summed E-state index contributed by atoms with van der Waals surface area (Å²) in [5, 5.41) is 0. The van der Waals surface area contributed by atoms with Gasteiger partial charge in [-0.1, -0.05) is 24.6 Å². The number of hydrogen-bond acceptors (Lipinski definition) is 3. The maximum Gasteiger partial charge on any atom is 0.254 e. The minimum atomic E-state index is -0.0219. The second-order valence-corrected chi connectivity index (χ2v) is 5.59. The predicted octanol–water partition coefficient (Wildman–Crippen LogP) is 3.24. The first-order chi connectivity index (χ1) is 9.10. The Labute approximate surface area is 117 Å². The number of benzene rings is 1. The van der Waals surface area contributed by atoms with Crippen molar-refractivity contribution in [3.63, 3.8) is 0 Å². The molecule has 0 saturated heterocycles. The lowest BCUT2D eigenvalue weighted by atomic mass is 10.2. The van der Waals surface area contributed by atoms with E-state index in [1.165, 1.54) is 10.5 Å². The molecule has 4 heteroatoms. The van der Waals surface area contributed by atoms with Crippen LogP contribution in [0, 0.1) is 13.8 Å². The van der Waals surface area contributed by atoms with Crippen LogP contribution in [0.15, 0.2) is 34.0 Å². The van der Waals surface area contributed by atoms with E-state index in [1.54, 1.807) is 11.8 Å². The summed E-state index contributed by atoms with van der Waals surface area (Å²) in [5.41, 5.74) is 2.85. The van der Waals surface area contributed by atoms with E-state index in [1.807, 2.05) is 13.8 Å². The Hall–Kier alpha value is -1.55. The van der Waals surface area contributed by atoms with Crippen LogP contribution >= 0.6 is 11.8 Å². The molecule has 3 nitrogen and oxygen atoms in total. The Bertz CT molecular complexity index is 617. The van der Waals surface area contributed by atoms with Gasteiger partial charge >= 0.3 is 0 Å². The molecule has 0 aliphatic rings. The Balaban J connectivity index is 2.13. The number of aromatic amines is 1. The van der Waals surface area contributed by atoms with Crippen LogP contribution in [0.25, 0.3) is 0 Å². The van der Waals surface area contributed by atoms with Gasteiger partial charge in [0.2, 0.25) is 0 Å². The summed E-state index contributed by atoms with van der Waals surface area (Å²) in [6.07, 6.45) is 0.790. The van der Waals surface area contributed by atoms with E-state index in [2.05, 4.69) is 41.2 Å². The molecule has 0 atom stereocenters. The molecule has 1 aromatic heterocycles. The lowest BCUT2D eigenvalue weighted by molar-refractivity contribution is 0.895. The Morgan fingerprint density at radius 2 is 1.89 bits per heavy atom. The molecular weight excluding hydrogens is 256 g/mol. The Morgan fingerprint density at radius 3 is 2.53 bits per heavy atom. The molecular formula is C15H18N2OS. The summed E-state index contributed by atoms with van der Waals surface area (Å²) >= 11 is 1.68. The van der Waals surface area contributed by atoms with Gasteiger partial charge in [-0.05, 0) is 32.4 Å². The van der Waals surface area contributed by atoms with Crippen LogP contribution in [0.1, 0.15) is 29.6 Å². The summed E-state index contributed by atoms with van der Waals surface area (Å²) in [6.45, 7) is 5.91. The summed E-state index contributed by atoms with van der Waals surface area (Å²) in [7, 11) is 0. The third-order valence-electron chi connectivity index (χ3n) is 3.03. The van der Waals surface area contributed by atoms with Crippen molar-refractivity contribution >= 4 is 11.8 Å². The molecule has 0 amide bonds. The minimum absolute atomic E-state index is 0.0219. The zero-order chi connectivity index (χ0) is 13.8. The van der Waals surface area contributed by atoms with Crippen LogP contribution in [0.5, 0.6) is 0 Å². The second-order valence-electron chi connectivity index (χ2n) is 4.54. The van der Waals surface area contributed by atoms with E-state index >= 15 is 0 Å². The van der Waals surface area contributed by atoms with Crippen LogP contribution in [-0.4, -0.2) is 9.97 Å². The number of rotatable bonds is 4. The van der Waals surface area contributed by atoms with E-state index in [4.69, 9.17) is 0 Å². The van der Waals surface area contributed by atoms with Crippen molar-refractivity contribution in [2.75, 3.05) is 0 Å². The third kappa shape index (κ3) is 3.47. The second kappa shape index (κ2) is 6.06. The molecule has 2 aromatic rings. The highest BCUT2D eigenvalue weighted by Gasteiger charge is 2.06. The number of nitrogens with one attached hydrogen (secondary N) is 1. The summed E-state index contributed by atoms with van der Waals surface area (Å²) in [4.78, 5) is 20.3. The minimum Gasteiger partial charge on any atom is -0.310 e. The monoisotopic (exact) mass is 274 g/mol. The molecule has 0 aliphatic carbocycles. The average Bonchev–Trinajstić information content (AvgIpc) is 2.41. The first kappa shape index (κ1) is 13.9. The molecule has 100 valence electrons. The number of thioether (sulfide) groups is 1. The van der Waals surface area contributed by atoms with Gasteiger partial charge in [-0.3, -0.25) is 4.79 Å². The van der Waals surface area contributed by atoms with Crippen molar-refractivity contribution in [2.24, 2.45) is 0 Å². The van der Waals surface area contributed by atoms with Gasteiger partial charge in [0, 0.05) is 10.5 Å². The van der Waals surface area contributed by atoms with Gasteiger partial charge in [0.15, 0.2) is 0 Å². The number of aromatic nitrogens is 2. The van der Waals surface area contributed by atoms with Gasteiger partial charge in [-0.25, -0.2) is 4.98 Å². The van der Waals surface area contributed by atoms with Crippen LogP contribution in [0.4, 0.5) is 0 Å². The van der Waals surface area contributed by atoms with Crippen LogP contribution in [0.2, 0.25) is 0 Å². The van der Waals surface area contributed by atoms with Gasteiger partial charge in [-0.2, -0.15) is 0 Å². The first-order valence-corrected chi connectivity index (χ1v) is 7.37. The fraction of sp³-hybridized carbons (Fsp3) is 0.333. The highest BCUT2D eigenvalue weighted by Crippen LogP contribution is 2.21. The van der Waals surface area contributed by atoms with E-state index in [9.17, 15) is 4.79 Å². The van der Waals surface area contributed by atoms with Gasteiger partial charge in [0.05, 0.1) is 11.4 Å². The highest BCUT2D eigenvalue weighted by atomic mass is 32.2. The van der Waals surface area contributed by atoms with E-state index in [0.29, 0.717) is 5.75 Å². The maximum absolute atomic E-state index is 11.8. The zero-order valence-corrected chi connectivity index (χ0v) is 12.3. The molecule has 1 aromatic carbocycles. The summed E-state index contributed by atoms with van der Waals surface area (Å²) in [6, 6.07) is 8.36. The van der Waals surface area contributed by atoms with Crippen LogP contribution in [0.3, 0.4) is 0 Å². The largest absolute Gasteiger partial charge is 0.310 e. The molecule has 0 unspecified atom stereocenters. The summed E-state index contributed by atoms with van der Waals surface area (Å²) in [5.74, 6) is 1.43. The zero-order valence-electron chi connectivity index (χ0n) is 11.5. The molecule has 0 aliphatic heterocycles. The normalized spacial score (nSPS) is 10.7. The lowest BCUT2D eigenvalue weighted by Crippen LogP contribution is -2.17. The van der Waals surface area contributed by atoms with Crippen molar-refractivity contribution in [3.8, 4) is 0 Å². The SMILES string of the molecule is CCc1nc(CSc2ccc(C)cc2)[nH]c(=O)c1C. The van der Waals surface area contributed by atoms with Crippen LogP contribution < -0.4 is 5.56 Å². The molecule has 2 rings (SSSR count). The number of nitrogens with zero attached hydrogens (tertiary/aromatic N) is 1. The van der Waals surface area contributed by atoms with Crippen molar-refractivity contribution in [1.29, 1.82) is 0 Å². The standard InChI is InChI=1S/C15H18N2OS/c1-4-13-11(3)15(18)17-14(16-13)9-19-12-7-5-10(2)6-8-12/h5-8H,4,9H2,1-3H3,(H,16,17,18). The Kier molecular flexibility index (Phi) is 4.43. The molecule has 0 spiro atoms. The topological polar surface area (TPSA) is 45.8 Å². The average molecular weight is 274 g/mol. The van der Waals surface area contributed by atoms with E-state index in [-0.39, 0.29) is 5.56 Å². The van der Waals surface area contributed by atoms with Gasteiger partial charge in [-0.15, -0.1) is 11.8 Å². The number of hydrogen-bond donors (Lipinski definition) is 1. The molecule has 19 heavy (non-hydrogen) atoms. The van der Waals surface area contributed by atoms with Gasteiger partial charge in [0.25, 0.3) is 5.56 Å². The van der Waals surface area contributed by atoms with E-state index < -0.39 is 0 Å². The summed E-state index contributed by atoms with van der Waals surface area (Å²) < 4.78 is 0. The molecule has 0 bridgehead atoms. The lowest BCUT2D eigenvalue weighted by Gasteiger charge is -2.06. The van der Waals surface area contributed by atoms with Gasteiger partial charge in [0.1, 0.15) is 5.82 Å². The van der Waals surface area contributed by atoms with Crippen LogP contribution in [-0.2, 0) is 12.2 Å². The van der Waals surface area contributed by atoms with Crippen molar-refractivity contribution in [1.82, 2.24) is 9.97 Å². The number of H-pyrrole nitrogens is 1. The molecule has 1 N–H and O–H groups in total. The van der Waals surface area contributed by atoms with Gasteiger partial charge < -0.3 is 4.98 Å². The fourth-order valence-electron chi connectivity index (χ4n) is 1.83. The quantitative estimate of drug-likeness (QED) is 0.871. The third-order valence-corrected chi connectivity index (χ3v) is 4.06. The predicted molar refractivity (Wildman–Crippen MR) is 79.7 cm³/mol.